The molecule has 0 aliphatic carbocycles. The van der Waals surface area contributed by atoms with Gasteiger partial charge >= 0.3 is 6.18 Å². The fraction of sp³-hybridized carbons (Fsp3) is 0.143. The number of hydrogen-bond acceptors (Lipinski definition) is 2. The number of nitrogens with one attached hydrogen (secondary N) is 1. The number of nitrogens with two attached hydrogens (primary N) is 1. The van der Waals surface area contributed by atoms with Gasteiger partial charge < -0.3 is 5.43 Å². The van der Waals surface area contributed by atoms with E-state index >= 15 is 0 Å². The van der Waals surface area contributed by atoms with Crippen LogP contribution >= 0.6 is 12.4 Å². The van der Waals surface area contributed by atoms with Gasteiger partial charge in [0.05, 0.1) is 11.3 Å². The summed E-state index contributed by atoms with van der Waals surface area (Å²) in [5.74, 6) is 3.86. The van der Waals surface area contributed by atoms with Gasteiger partial charge in [-0.05, 0) is 18.2 Å². The summed E-state index contributed by atoms with van der Waals surface area (Å²) in [5, 5.41) is 0. The van der Waals surface area contributed by atoms with E-state index in [0.717, 1.165) is 12.1 Å². The van der Waals surface area contributed by atoms with E-state index < -0.39 is 17.6 Å². The smallest absolute Gasteiger partial charge is 0.324 e. The van der Waals surface area contributed by atoms with Crippen LogP contribution < -0.4 is 11.3 Å². The van der Waals surface area contributed by atoms with Crippen molar-refractivity contribution in [2.45, 2.75) is 6.18 Å². The van der Waals surface area contributed by atoms with Crippen LogP contribution in [0.2, 0.25) is 0 Å². The quantitative estimate of drug-likeness (QED) is 0.442. The summed E-state index contributed by atoms with van der Waals surface area (Å²) in [6.07, 6.45) is -4.56. The average Bonchev–Trinajstić information content (AvgIpc) is 2.01. The van der Waals surface area contributed by atoms with Crippen molar-refractivity contribution in [3.05, 3.63) is 29.6 Å². The maximum atomic E-state index is 12.5. The molecule has 0 unspecified atom stereocenters. The topological polar surface area (TPSA) is 38.0 Å². The molecule has 0 fully saturated rings. The van der Waals surface area contributed by atoms with Crippen molar-refractivity contribution < 1.29 is 17.6 Å². The summed E-state index contributed by atoms with van der Waals surface area (Å²) >= 11 is 0. The van der Waals surface area contributed by atoms with Crippen molar-refractivity contribution in [2.24, 2.45) is 5.84 Å². The second kappa shape index (κ2) is 4.47. The molecule has 0 aliphatic rings. The molecule has 2 nitrogen and oxygen atoms in total. The van der Waals surface area contributed by atoms with Crippen molar-refractivity contribution in [2.75, 3.05) is 5.43 Å². The van der Waals surface area contributed by atoms with E-state index in [4.69, 9.17) is 5.84 Å². The molecule has 1 aromatic rings. The second-order valence-electron chi connectivity index (χ2n) is 2.37. The zero-order valence-corrected chi connectivity index (χ0v) is 7.55. The lowest BCUT2D eigenvalue weighted by atomic mass is 10.2. The fourth-order valence-corrected chi connectivity index (χ4v) is 0.837. The number of halogens is 5. The van der Waals surface area contributed by atoms with Crippen molar-refractivity contribution in [3.8, 4) is 0 Å². The minimum Gasteiger partial charge on any atom is -0.324 e. The number of hydrazine groups is 1. The van der Waals surface area contributed by atoms with Gasteiger partial charge in [0.1, 0.15) is 5.82 Å². The minimum atomic E-state index is -4.56. The van der Waals surface area contributed by atoms with Gasteiger partial charge in [-0.15, -0.1) is 12.4 Å². The lowest BCUT2D eigenvalue weighted by Gasteiger charge is -2.08. The first-order valence-electron chi connectivity index (χ1n) is 3.28. The summed E-state index contributed by atoms with van der Waals surface area (Å²) in [7, 11) is 0. The van der Waals surface area contributed by atoms with Gasteiger partial charge in [-0.2, -0.15) is 13.2 Å². The van der Waals surface area contributed by atoms with E-state index in [1.807, 2.05) is 5.43 Å². The lowest BCUT2D eigenvalue weighted by molar-refractivity contribution is -0.137. The maximum absolute atomic E-state index is 12.5. The number of rotatable bonds is 1. The molecular formula is C7H7ClF4N2. The van der Waals surface area contributed by atoms with Gasteiger partial charge in [0, 0.05) is 0 Å². The van der Waals surface area contributed by atoms with Crippen molar-refractivity contribution in [3.63, 3.8) is 0 Å². The number of nitrogen functional groups attached to an aromatic ring is 1. The Morgan fingerprint density at radius 3 is 2.14 bits per heavy atom. The highest BCUT2D eigenvalue weighted by Gasteiger charge is 2.31. The van der Waals surface area contributed by atoms with E-state index in [1.54, 1.807) is 0 Å². The summed E-state index contributed by atoms with van der Waals surface area (Å²) in [6.45, 7) is 0. The predicted molar refractivity (Wildman–Crippen MR) is 46.5 cm³/mol. The first-order chi connectivity index (χ1) is 5.93. The summed E-state index contributed by atoms with van der Waals surface area (Å²) in [4.78, 5) is 0. The number of hydrogen-bond donors (Lipinski definition) is 2. The molecule has 7 heteroatoms. The van der Waals surface area contributed by atoms with Crippen LogP contribution in [0.5, 0.6) is 0 Å². The molecule has 1 rings (SSSR count). The molecule has 0 heterocycles. The Bertz CT molecular complexity index is 313. The molecule has 1 aromatic carbocycles. The van der Waals surface area contributed by atoms with E-state index in [-0.39, 0.29) is 18.1 Å². The van der Waals surface area contributed by atoms with E-state index in [1.165, 1.54) is 0 Å². The Morgan fingerprint density at radius 1 is 1.14 bits per heavy atom. The molecular weight excluding hydrogens is 224 g/mol. The normalized spacial score (nSPS) is 10.6. The van der Waals surface area contributed by atoms with Crippen molar-refractivity contribution in [1.82, 2.24) is 0 Å². The number of alkyl halides is 3. The Labute approximate surface area is 83.5 Å². The molecule has 80 valence electrons. The van der Waals surface area contributed by atoms with Gasteiger partial charge in [0.2, 0.25) is 0 Å². The first-order valence-corrected chi connectivity index (χ1v) is 3.28. The molecule has 0 saturated heterocycles. The van der Waals surface area contributed by atoms with Gasteiger partial charge in [-0.25, -0.2) is 4.39 Å². The van der Waals surface area contributed by atoms with Crippen LogP contribution in [0, 0.1) is 5.82 Å². The van der Waals surface area contributed by atoms with Gasteiger partial charge in [-0.3, -0.25) is 5.84 Å². The Kier molecular flexibility index (Phi) is 4.15. The highest BCUT2D eigenvalue weighted by atomic mass is 35.5. The standard InChI is InChI=1S/C7H6F4N2.ClH/c8-5-1-4(7(9,10)11)2-6(3-5)13-12;/h1-3,13H,12H2;1H. The SMILES string of the molecule is Cl.NNc1cc(F)cc(C(F)(F)F)c1. The molecule has 14 heavy (non-hydrogen) atoms. The Hall–Kier alpha value is -1.01. The fourth-order valence-electron chi connectivity index (χ4n) is 0.837. The zero-order chi connectivity index (χ0) is 10.1. The van der Waals surface area contributed by atoms with Gasteiger partial charge in [-0.1, -0.05) is 0 Å². The molecule has 0 radical (unpaired) electrons. The molecule has 0 aliphatic heterocycles. The lowest BCUT2D eigenvalue weighted by Crippen LogP contribution is -2.10. The summed E-state index contributed by atoms with van der Waals surface area (Å²) in [5.41, 5.74) is 0.753. The zero-order valence-electron chi connectivity index (χ0n) is 6.73. The number of anilines is 1. The highest BCUT2D eigenvalue weighted by Crippen LogP contribution is 2.31. The molecule has 0 bridgehead atoms. The molecule has 0 aromatic heterocycles. The van der Waals surface area contributed by atoms with Crippen molar-refractivity contribution >= 4 is 18.1 Å². The van der Waals surface area contributed by atoms with Crippen LogP contribution in [0.3, 0.4) is 0 Å². The predicted octanol–water partition coefficient (Wildman–Crippen LogP) is 2.55. The van der Waals surface area contributed by atoms with Crippen LogP contribution in [0.25, 0.3) is 0 Å². The average molecular weight is 231 g/mol. The van der Waals surface area contributed by atoms with Crippen LogP contribution in [0.15, 0.2) is 18.2 Å². The van der Waals surface area contributed by atoms with E-state index in [0.29, 0.717) is 6.07 Å². The molecule has 0 amide bonds. The Balaban J connectivity index is 0.00000169. The largest absolute Gasteiger partial charge is 0.416 e. The van der Waals surface area contributed by atoms with Crippen molar-refractivity contribution in [1.29, 1.82) is 0 Å². The molecule has 0 atom stereocenters. The third-order valence-corrected chi connectivity index (χ3v) is 1.39. The third kappa shape index (κ3) is 3.04. The first kappa shape index (κ1) is 13.0. The van der Waals surface area contributed by atoms with Crippen LogP contribution in [0.4, 0.5) is 23.2 Å². The van der Waals surface area contributed by atoms with E-state index in [2.05, 4.69) is 0 Å². The van der Waals surface area contributed by atoms with Crippen LogP contribution in [-0.2, 0) is 6.18 Å². The highest BCUT2D eigenvalue weighted by molar-refractivity contribution is 5.85. The van der Waals surface area contributed by atoms with Gasteiger partial charge in [0.25, 0.3) is 0 Å². The monoisotopic (exact) mass is 230 g/mol. The third-order valence-electron chi connectivity index (χ3n) is 1.39. The number of benzene rings is 1. The second-order valence-corrected chi connectivity index (χ2v) is 2.37. The maximum Gasteiger partial charge on any atom is 0.416 e. The summed E-state index contributed by atoms with van der Waals surface area (Å²) < 4.78 is 48.7. The van der Waals surface area contributed by atoms with E-state index in [9.17, 15) is 17.6 Å². The molecule has 0 spiro atoms. The molecule has 0 saturated carbocycles. The van der Waals surface area contributed by atoms with Gasteiger partial charge in [0.15, 0.2) is 0 Å². The Morgan fingerprint density at radius 2 is 1.71 bits per heavy atom. The van der Waals surface area contributed by atoms with Crippen LogP contribution in [0.1, 0.15) is 5.56 Å². The minimum absolute atomic E-state index is 0. The summed E-state index contributed by atoms with van der Waals surface area (Å²) in [6, 6.07) is 2.00. The molecule has 3 N–H and O–H groups in total. The van der Waals surface area contributed by atoms with Crippen LogP contribution in [-0.4, -0.2) is 0 Å².